The summed E-state index contributed by atoms with van der Waals surface area (Å²) in [5.74, 6) is 0.227. The van der Waals surface area contributed by atoms with Gasteiger partial charge in [-0.25, -0.2) is 0 Å². The van der Waals surface area contributed by atoms with E-state index in [1.54, 1.807) is 0 Å². The van der Waals surface area contributed by atoms with Crippen LogP contribution in [0.4, 0.5) is 0 Å². The standard InChI is InChI=1S/C9H10BrNO.ClH/c1-2-12-9(11)7-3-5-8(10)6-4-7;/h3-6,11H,2H2,1H3;1H. The molecule has 4 heteroatoms. The summed E-state index contributed by atoms with van der Waals surface area (Å²) < 4.78 is 6.05. The third kappa shape index (κ3) is 3.79. The molecule has 1 N–H and O–H groups in total. The number of hydrogen-bond acceptors (Lipinski definition) is 2. The van der Waals surface area contributed by atoms with Crippen LogP contribution in [0.5, 0.6) is 0 Å². The van der Waals surface area contributed by atoms with Crippen LogP contribution in [0.15, 0.2) is 28.7 Å². The van der Waals surface area contributed by atoms with Crippen LogP contribution in [-0.2, 0) is 4.74 Å². The molecule has 0 aromatic heterocycles. The molecule has 0 spiro atoms. The zero-order valence-electron chi connectivity index (χ0n) is 7.21. The van der Waals surface area contributed by atoms with E-state index in [4.69, 9.17) is 10.1 Å². The predicted molar refractivity (Wildman–Crippen MR) is 59.8 cm³/mol. The molecule has 0 unspecified atom stereocenters. The van der Waals surface area contributed by atoms with E-state index in [1.807, 2.05) is 31.2 Å². The third-order valence-electron chi connectivity index (χ3n) is 1.40. The van der Waals surface area contributed by atoms with E-state index in [1.165, 1.54) is 0 Å². The Bertz CT molecular complexity index is 273. The molecule has 1 rings (SSSR count). The normalized spacial score (nSPS) is 8.77. The Morgan fingerprint density at radius 2 is 1.92 bits per heavy atom. The molecule has 13 heavy (non-hydrogen) atoms. The Hall–Kier alpha value is -0.540. The van der Waals surface area contributed by atoms with Gasteiger partial charge in [0.05, 0.1) is 6.61 Å². The molecular formula is C9H11BrClNO. The van der Waals surface area contributed by atoms with E-state index in [0.29, 0.717) is 6.61 Å². The number of nitrogens with one attached hydrogen (secondary N) is 1. The molecule has 0 aliphatic carbocycles. The highest BCUT2D eigenvalue weighted by atomic mass is 79.9. The van der Waals surface area contributed by atoms with Crippen LogP contribution in [-0.4, -0.2) is 12.5 Å². The first kappa shape index (κ1) is 12.5. The van der Waals surface area contributed by atoms with Crippen molar-refractivity contribution >= 4 is 34.2 Å². The molecular weight excluding hydrogens is 253 g/mol. The van der Waals surface area contributed by atoms with E-state index < -0.39 is 0 Å². The number of halogens is 2. The van der Waals surface area contributed by atoms with Crippen LogP contribution in [0.3, 0.4) is 0 Å². The van der Waals surface area contributed by atoms with Crippen LogP contribution in [0.25, 0.3) is 0 Å². The lowest BCUT2D eigenvalue weighted by Crippen LogP contribution is -2.03. The van der Waals surface area contributed by atoms with Crippen molar-refractivity contribution in [3.63, 3.8) is 0 Å². The predicted octanol–water partition coefficient (Wildman–Crippen LogP) is 3.23. The van der Waals surface area contributed by atoms with Gasteiger partial charge in [-0.1, -0.05) is 15.9 Å². The summed E-state index contributed by atoms with van der Waals surface area (Å²) in [6.07, 6.45) is 0. The Balaban J connectivity index is 0.00000144. The van der Waals surface area contributed by atoms with E-state index in [9.17, 15) is 0 Å². The Kier molecular flexibility index (Phi) is 5.75. The van der Waals surface area contributed by atoms with Gasteiger partial charge in [0, 0.05) is 10.0 Å². The van der Waals surface area contributed by atoms with E-state index >= 15 is 0 Å². The minimum absolute atomic E-state index is 0. The summed E-state index contributed by atoms with van der Waals surface area (Å²) in [7, 11) is 0. The first-order valence-corrected chi connectivity index (χ1v) is 4.50. The van der Waals surface area contributed by atoms with Crippen LogP contribution < -0.4 is 0 Å². The van der Waals surface area contributed by atoms with Crippen LogP contribution in [0.2, 0.25) is 0 Å². The molecule has 0 aliphatic rings. The molecule has 0 fully saturated rings. The highest BCUT2D eigenvalue weighted by molar-refractivity contribution is 9.10. The molecule has 0 bridgehead atoms. The maximum absolute atomic E-state index is 7.46. The topological polar surface area (TPSA) is 33.1 Å². The smallest absolute Gasteiger partial charge is 0.213 e. The van der Waals surface area contributed by atoms with Gasteiger partial charge in [-0.3, -0.25) is 5.41 Å². The quantitative estimate of drug-likeness (QED) is 0.646. The number of hydrogen-bond donors (Lipinski definition) is 1. The average molecular weight is 265 g/mol. The second-order valence-electron chi connectivity index (χ2n) is 2.27. The van der Waals surface area contributed by atoms with Gasteiger partial charge in [0.2, 0.25) is 5.90 Å². The van der Waals surface area contributed by atoms with Crippen molar-refractivity contribution in [2.24, 2.45) is 0 Å². The zero-order valence-corrected chi connectivity index (χ0v) is 9.61. The van der Waals surface area contributed by atoms with E-state index in [0.717, 1.165) is 10.0 Å². The lowest BCUT2D eigenvalue weighted by molar-refractivity contribution is 0.325. The lowest BCUT2D eigenvalue weighted by atomic mass is 10.2. The summed E-state index contributed by atoms with van der Waals surface area (Å²) >= 11 is 3.32. The van der Waals surface area contributed by atoms with E-state index in [-0.39, 0.29) is 18.3 Å². The second kappa shape index (κ2) is 6.00. The minimum Gasteiger partial charge on any atom is -0.478 e. The average Bonchev–Trinajstić information content (AvgIpc) is 2.06. The molecule has 1 aromatic rings. The van der Waals surface area contributed by atoms with Gasteiger partial charge in [0.25, 0.3) is 0 Å². The van der Waals surface area contributed by atoms with Gasteiger partial charge in [-0.05, 0) is 31.2 Å². The molecule has 72 valence electrons. The zero-order chi connectivity index (χ0) is 8.97. The molecule has 0 aliphatic heterocycles. The fourth-order valence-corrected chi connectivity index (χ4v) is 1.09. The fraction of sp³-hybridized carbons (Fsp3) is 0.222. The maximum atomic E-state index is 7.46. The van der Waals surface area contributed by atoms with Gasteiger partial charge in [0.1, 0.15) is 0 Å². The first-order chi connectivity index (χ1) is 5.74. The van der Waals surface area contributed by atoms with Gasteiger partial charge in [-0.2, -0.15) is 0 Å². The monoisotopic (exact) mass is 263 g/mol. The molecule has 0 heterocycles. The van der Waals surface area contributed by atoms with Gasteiger partial charge in [-0.15, -0.1) is 12.4 Å². The Morgan fingerprint density at radius 1 is 1.38 bits per heavy atom. The molecule has 0 saturated carbocycles. The molecule has 0 atom stereocenters. The summed E-state index contributed by atoms with van der Waals surface area (Å²) in [6.45, 7) is 2.41. The van der Waals surface area contributed by atoms with Crippen molar-refractivity contribution in [2.45, 2.75) is 6.92 Å². The van der Waals surface area contributed by atoms with Crippen molar-refractivity contribution in [2.75, 3.05) is 6.61 Å². The Morgan fingerprint density at radius 3 is 2.38 bits per heavy atom. The summed E-state index contributed by atoms with van der Waals surface area (Å²) in [5.41, 5.74) is 0.806. The highest BCUT2D eigenvalue weighted by Gasteiger charge is 1.99. The van der Waals surface area contributed by atoms with Crippen LogP contribution in [0.1, 0.15) is 12.5 Å². The highest BCUT2D eigenvalue weighted by Crippen LogP contribution is 2.10. The van der Waals surface area contributed by atoms with Gasteiger partial charge < -0.3 is 4.74 Å². The molecule has 0 amide bonds. The van der Waals surface area contributed by atoms with Crippen molar-refractivity contribution in [3.05, 3.63) is 34.3 Å². The van der Waals surface area contributed by atoms with Gasteiger partial charge in [0.15, 0.2) is 0 Å². The maximum Gasteiger partial charge on any atom is 0.213 e. The summed E-state index contributed by atoms with van der Waals surface area (Å²) in [5, 5.41) is 7.46. The summed E-state index contributed by atoms with van der Waals surface area (Å²) in [4.78, 5) is 0. The molecule has 2 nitrogen and oxygen atoms in total. The third-order valence-corrected chi connectivity index (χ3v) is 1.92. The molecule has 0 radical (unpaired) electrons. The SMILES string of the molecule is CCOC(=N)c1ccc(Br)cc1.Cl. The molecule has 1 aromatic carbocycles. The van der Waals surface area contributed by atoms with Crippen LogP contribution >= 0.6 is 28.3 Å². The van der Waals surface area contributed by atoms with Crippen molar-refractivity contribution in [1.82, 2.24) is 0 Å². The first-order valence-electron chi connectivity index (χ1n) is 3.71. The second-order valence-corrected chi connectivity index (χ2v) is 3.18. The van der Waals surface area contributed by atoms with E-state index in [2.05, 4.69) is 15.9 Å². The largest absolute Gasteiger partial charge is 0.478 e. The number of rotatable bonds is 2. The lowest BCUT2D eigenvalue weighted by Gasteiger charge is -2.03. The molecule has 0 saturated heterocycles. The van der Waals surface area contributed by atoms with Crippen molar-refractivity contribution in [3.8, 4) is 0 Å². The summed E-state index contributed by atoms with van der Waals surface area (Å²) in [6, 6.07) is 7.48. The van der Waals surface area contributed by atoms with Gasteiger partial charge >= 0.3 is 0 Å². The minimum atomic E-state index is 0. The van der Waals surface area contributed by atoms with Crippen molar-refractivity contribution < 1.29 is 4.74 Å². The number of ether oxygens (including phenoxy) is 1. The van der Waals surface area contributed by atoms with Crippen molar-refractivity contribution in [1.29, 1.82) is 5.41 Å². The van der Waals surface area contributed by atoms with Crippen LogP contribution in [0, 0.1) is 5.41 Å². The number of benzene rings is 1. The fourth-order valence-electron chi connectivity index (χ4n) is 0.829. The Labute approximate surface area is 92.3 Å².